The lowest BCUT2D eigenvalue weighted by Crippen LogP contribution is -2.46. The highest BCUT2D eigenvalue weighted by Gasteiger charge is 2.49. The first-order valence-corrected chi connectivity index (χ1v) is 8.48. The fourth-order valence-electron chi connectivity index (χ4n) is 3.32. The summed E-state index contributed by atoms with van der Waals surface area (Å²) in [6.45, 7) is 8.08. The quantitative estimate of drug-likeness (QED) is 0.773. The zero-order chi connectivity index (χ0) is 14.4. The standard InChI is InChI=1S/C14H24N4OS/c1-13(2,3)20(19)18-12-11-10(16-9-17-11)8-14(12)4-6-15-7-5-14/h9,12,15,18H,4-8H2,1-3H3,(H,16,17)/t12-,20?/m1/s1. The van der Waals surface area contributed by atoms with Crippen molar-refractivity contribution in [2.45, 2.75) is 50.8 Å². The highest BCUT2D eigenvalue weighted by molar-refractivity contribution is 7.84. The van der Waals surface area contributed by atoms with Gasteiger partial charge < -0.3 is 10.3 Å². The van der Waals surface area contributed by atoms with E-state index < -0.39 is 11.0 Å². The molecular formula is C14H24N4OS. The molecule has 112 valence electrons. The van der Waals surface area contributed by atoms with E-state index >= 15 is 0 Å². The predicted molar refractivity (Wildman–Crippen MR) is 80.6 cm³/mol. The van der Waals surface area contributed by atoms with E-state index in [0.717, 1.165) is 38.0 Å². The van der Waals surface area contributed by atoms with Crippen LogP contribution < -0.4 is 10.0 Å². The topological polar surface area (TPSA) is 69.8 Å². The predicted octanol–water partition coefficient (Wildman–Crippen LogP) is 1.43. The molecule has 1 aromatic rings. The van der Waals surface area contributed by atoms with Crippen LogP contribution in [-0.2, 0) is 17.4 Å². The summed E-state index contributed by atoms with van der Waals surface area (Å²) in [6, 6.07) is 0.103. The molecule has 2 aliphatic rings. The van der Waals surface area contributed by atoms with E-state index in [0.29, 0.717) is 0 Å². The molecule has 1 aromatic heterocycles. The highest BCUT2D eigenvalue weighted by atomic mass is 32.2. The Balaban J connectivity index is 1.89. The highest BCUT2D eigenvalue weighted by Crippen LogP contribution is 2.50. The first-order valence-electron chi connectivity index (χ1n) is 7.33. The normalized spacial score (nSPS) is 26.6. The van der Waals surface area contributed by atoms with Crippen molar-refractivity contribution in [1.82, 2.24) is 20.0 Å². The minimum atomic E-state index is -1.07. The Hall–Kier alpha value is -0.720. The Kier molecular flexibility index (Phi) is 3.51. The van der Waals surface area contributed by atoms with Crippen molar-refractivity contribution in [3.05, 3.63) is 17.7 Å². The number of aromatic nitrogens is 2. The van der Waals surface area contributed by atoms with Crippen LogP contribution in [0.15, 0.2) is 6.33 Å². The fraction of sp³-hybridized carbons (Fsp3) is 0.786. The number of piperidine rings is 1. The van der Waals surface area contributed by atoms with E-state index in [9.17, 15) is 4.21 Å². The minimum Gasteiger partial charge on any atom is -0.348 e. The number of fused-ring (bicyclic) bond motifs is 1. The summed E-state index contributed by atoms with van der Waals surface area (Å²) >= 11 is 0. The summed E-state index contributed by atoms with van der Waals surface area (Å²) in [6.07, 6.45) is 4.99. The molecule has 2 atom stereocenters. The summed E-state index contributed by atoms with van der Waals surface area (Å²) in [5.41, 5.74) is 2.46. The van der Waals surface area contributed by atoms with Gasteiger partial charge in [0.1, 0.15) is 0 Å². The van der Waals surface area contributed by atoms with Crippen molar-refractivity contribution in [3.8, 4) is 0 Å². The molecule has 6 heteroatoms. The molecule has 3 rings (SSSR count). The largest absolute Gasteiger partial charge is 0.348 e. The van der Waals surface area contributed by atoms with Gasteiger partial charge in [0.05, 0.1) is 33.8 Å². The van der Waals surface area contributed by atoms with Crippen LogP contribution in [0.1, 0.15) is 51.0 Å². The van der Waals surface area contributed by atoms with Crippen molar-refractivity contribution in [2.75, 3.05) is 13.1 Å². The molecule has 3 N–H and O–H groups in total. The molecule has 2 heterocycles. The molecule has 1 aliphatic carbocycles. The maximum Gasteiger partial charge on any atom is 0.0976 e. The number of imidazole rings is 1. The zero-order valence-electron chi connectivity index (χ0n) is 12.5. The van der Waals surface area contributed by atoms with Crippen LogP contribution in [-0.4, -0.2) is 32.0 Å². The van der Waals surface area contributed by atoms with E-state index in [1.54, 1.807) is 6.33 Å². The van der Waals surface area contributed by atoms with Crippen molar-refractivity contribution in [1.29, 1.82) is 0 Å². The molecule has 1 aliphatic heterocycles. The molecule has 0 saturated carbocycles. The first-order chi connectivity index (χ1) is 9.42. The van der Waals surface area contributed by atoms with E-state index in [1.807, 2.05) is 20.8 Å². The van der Waals surface area contributed by atoms with Crippen LogP contribution in [0, 0.1) is 5.41 Å². The average molecular weight is 296 g/mol. The van der Waals surface area contributed by atoms with Gasteiger partial charge in [0.25, 0.3) is 0 Å². The molecule has 20 heavy (non-hydrogen) atoms. The lowest BCUT2D eigenvalue weighted by atomic mass is 9.74. The van der Waals surface area contributed by atoms with Gasteiger partial charge in [-0.25, -0.2) is 13.9 Å². The number of aromatic amines is 1. The third kappa shape index (κ3) is 2.34. The zero-order valence-corrected chi connectivity index (χ0v) is 13.3. The van der Waals surface area contributed by atoms with Crippen LogP contribution >= 0.6 is 0 Å². The summed E-state index contributed by atoms with van der Waals surface area (Å²) in [7, 11) is -1.07. The lowest BCUT2D eigenvalue weighted by molar-refractivity contribution is 0.162. The third-order valence-corrected chi connectivity index (χ3v) is 6.11. The minimum absolute atomic E-state index is 0.103. The van der Waals surface area contributed by atoms with Gasteiger partial charge >= 0.3 is 0 Å². The third-order valence-electron chi connectivity index (χ3n) is 4.55. The second-order valence-electron chi connectivity index (χ2n) is 6.99. The number of nitrogens with one attached hydrogen (secondary N) is 3. The van der Waals surface area contributed by atoms with E-state index in [2.05, 4.69) is 20.0 Å². The molecular weight excluding hydrogens is 272 g/mol. The molecule has 5 nitrogen and oxygen atoms in total. The van der Waals surface area contributed by atoms with Crippen LogP contribution in [0.2, 0.25) is 0 Å². The van der Waals surface area contributed by atoms with Gasteiger partial charge in [0, 0.05) is 11.1 Å². The Bertz CT molecular complexity index is 513. The molecule has 1 unspecified atom stereocenters. The maximum absolute atomic E-state index is 12.5. The van der Waals surface area contributed by atoms with Crippen LogP contribution in [0.4, 0.5) is 0 Å². The second kappa shape index (κ2) is 4.93. The Morgan fingerprint density at radius 2 is 2.10 bits per heavy atom. The molecule has 1 saturated heterocycles. The van der Waals surface area contributed by atoms with Crippen molar-refractivity contribution < 1.29 is 4.21 Å². The number of H-pyrrole nitrogens is 1. The van der Waals surface area contributed by atoms with Gasteiger partial charge in [-0.3, -0.25) is 0 Å². The Morgan fingerprint density at radius 1 is 1.40 bits per heavy atom. The van der Waals surface area contributed by atoms with E-state index in [-0.39, 0.29) is 16.2 Å². The number of hydrogen-bond acceptors (Lipinski definition) is 3. The molecule has 0 amide bonds. The van der Waals surface area contributed by atoms with Gasteiger partial charge in [-0.05, 0) is 53.1 Å². The summed E-state index contributed by atoms with van der Waals surface area (Å²) in [5, 5.41) is 3.42. The monoisotopic (exact) mass is 296 g/mol. The average Bonchev–Trinajstić information content (AvgIpc) is 2.91. The van der Waals surface area contributed by atoms with Gasteiger partial charge in [-0.2, -0.15) is 0 Å². The second-order valence-corrected chi connectivity index (χ2v) is 8.99. The van der Waals surface area contributed by atoms with Crippen molar-refractivity contribution in [2.24, 2.45) is 5.41 Å². The Labute approximate surface area is 122 Å². The van der Waals surface area contributed by atoms with Crippen LogP contribution in [0.5, 0.6) is 0 Å². The van der Waals surface area contributed by atoms with Gasteiger partial charge in [0.2, 0.25) is 0 Å². The number of hydrogen-bond donors (Lipinski definition) is 3. The van der Waals surface area contributed by atoms with Crippen LogP contribution in [0.3, 0.4) is 0 Å². The molecule has 1 fully saturated rings. The van der Waals surface area contributed by atoms with Gasteiger partial charge in [-0.1, -0.05) is 0 Å². The molecule has 0 bridgehead atoms. The molecule has 1 spiro atoms. The van der Waals surface area contributed by atoms with E-state index in [4.69, 9.17) is 0 Å². The molecule has 0 aromatic carbocycles. The summed E-state index contributed by atoms with van der Waals surface area (Å²) in [5.74, 6) is 0. The van der Waals surface area contributed by atoms with Crippen molar-refractivity contribution >= 4 is 11.0 Å². The Morgan fingerprint density at radius 3 is 2.75 bits per heavy atom. The lowest BCUT2D eigenvalue weighted by Gasteiger charge is -2.40. The fourth-order valence-corrected chi connectivity index (χ4v) is 4.25. The van der Waals surface area contributed by atoms with Gasteiger partial charge in [-0.15, -0.1) is 0 Å². The van der Waals surface area contributed by atoms with E-state index in [1.165, 1.54) is 5.69 Å². The SMILES string of the molecule is CC(C)(C)S(=O)N[C@@H]1c2nc[nH]c2CC12CCNCC2. The summed E-state index contributed by atoms with van der Waals surface area (Å²) in [4.78, 5) is 7.75. The number of nitrogens with zero attached hydrogens (tertiary/aromatic N) is 1. The summed E-state index contributed by atoms with van der Waals surface area (Å²) < 4.78 is 15.7. The van der Waals surface area contributed by atoms with Crippen molar-refractivity contribution in [3.63, 3.8) is 0 Å². The smallest absolute Gasteiger partial charge is 0.0976 e. The van der Waals surface area contributed by atoms with Gasteiger partial charge in [0.15, 0.2) is 0 Å². The maximum atomic E-state index is 12.5. The number of rotatable bonds is 2. The molecule has 0 radical (unpaired) electrons. The van der Waals surface area contributed by atoms with Crippen LogP contribution in [0.25, 0.3) is 0 Å². The first kappa shape index (κ1) is 14.2.